The Balaban J connectivity index is 1.37. The molecule has 0 bridgehead atoms. The smallest absolute Gasteiger partial charge is 0.134 e. The molecule has 4 rings (SSSR count). The molecule has 0 radical (unpaired) electrons. The van der Waals surface area contributed by atoms with Crippen LogP contribution in [0.25, 0.3) is 0 Å². The van der Waals surface area contributed by atoms with Crippen LogP contribution in [0.2, 0.25) is 0 Å². The van der Waals surface area contributed by atoms with Gasteiger partial charge in [0.05, 0.1) is 0 Å². The zero-order chi connectivity index (χ0) is 17.1. The van der Waals surface area contributed by atoms with Crippen molar-refractivity contribution in [1.82, 2.24) is 19.8 Å². The van der Waals surface area contributed by atoms with E-state index in [1.54, 1.807) is 6.33 Å². The van der Waals surface area contributed by atoms with Crippen LogP contribution in [0.1, 0.15) is 32.6 Å². The summed E-state index contributed by atoms with van der Waals surface area (Å²) in [6.07, 6.45) is 6.94. The number of hydrogen-bond donors (Lipinski definition) is 0. The third-order valence-corrected chi connectivity index (χ3v) is 6.18. The Morgan fingerprint density at radius 2 is 1.60 bits per heavy atom. The third-order valence-electron chi connectivity index (χ3n) is 6.18. The fraction of sp³-hybridized carbons (Fsp3) is 0.789. The molecule has 6 heteroatoms. The Kier molecular flexibility index (Phi) is 5.36. The summed E-state index contributed by atoms with van der Waals surface area (Å²) in [5, 5.41) is 0. The molecule has 1 aromatic heterocycles. The summed E-state index contributed by atoms with van der Waals surface area (Å²) in [7, 11) is 0. The number of likely N-dealkylation sites (N-methyl/N-ethyl adjacent to an activating group) is 1. The van der Waals surface area contributed by atoms with Gasteiger partial charge in [0.15, 0.2) is 0 Å². The monoisotopic (exact) mass is 344 g/mol. The molecule has 138 valence electrons. The fourth-order valence-corrected chi connectivity index (χ4v) is 4.50. The van der Waals surface area contributed by atoms with Crippen molar-refractivity contribution in [2.75, 3.05) is 68.7 Å². The van der Waals surface area contributed by atoms with Gasteiger partial charge in [-0.05, 0) is 32.2 Å². The minimum Gasteiger partial charge on any atom is -0.356 e. The lowest BCUT2D eigenvalue weighted by Crippen LogP contribution is -2.50. The topological polar surface area (TPSA) is 38.7 Å². The fourth-order valence-electron chi connectivity index (χ4n) is 4.50. The Morgan fingerprint density at radius 3 is 2.32 bits per heavy atom. The van der Waals surface area contributed by atoms with Crippen LogP contribution >= 0.6 is 0 Å². The molecule has 0 aromatic carbocycles. The van der Waals surface area contributed by atoms with Gasteiger partial charge in [-0.2, -0.15) is 0 Å². The molecule has 1 atom stereocenters. The maximum atomic E-state index is 4.58. The van der Waals surface area contributed by atoms with Crippen molar-refractivity contribution in [3.63, 3.8) is 0 Å². The second-order valence-electron chi connectivity index (χ2n) is 7.64. The van der Waals surface area contributed by atoms with Gasteiger partial charge in [-0.25, -0.2) is 9.97 Å². The lowest BCUT2D eigenvalue weighted by atomic mass is 10.1. The quantitative estimate of drug-likeness (QED) is 0.828. The number of rotatable bonds is 4. The maximum Gasteiger partial charge on any atom is 0.134 e. The van der Waals surface area contributed by atoms with Crippen molar-refractivity contribution in [2.45, 2.75) is 38.6 Å². The van der Waals surface area contributed by atoms with Crippen LogP contribution in [0, 0.1) is 0 Å². The predicted molar refractivity (Wildman–Crippen MR) is 102 cm³/mol. The Labute approximate surface area is 151 Å². The van der Waals surface area contributed by atoms with E-state index < -0.39 is 0 Å². The average molecular weight is 345 g/mol. The number of hydrogen-bond acceptors (Lipinski definition) is 6. The highest BCUT2D eigenvalue weighted by molar-refractivity contribution is 5.51. The van der Waals surface area contributed by atoms with Crippen molar-refractivity contribution >= 4 is 11.6 Å². The first kappa shape index (κ1) is 17.0. The van der Waals surface area contributed by atoms with E-state index in [0.717, 1.165) is 37.8 Å². The molecule has 3 aliphatic heterocycles. The van der Waals surface area contributed by atoms with Crippen molar-refractivity contribution in [3.05, 3.63) is 12.4 Å². The highest BCUT2D eigenvalue weighted by Crippen LogP contribution is 2.25. The lowest BCUT2D eigenvalue weighted by molar-refractivity contribution is 0.107. The Bertz CT molecular complexity index is 551. The molecular formula is C19H32N6. The zero-order valence-electron chi connectivity index (χ0n) is 15.6. The number of piperazine rings is 1. The van der Waals surface area contributed by atoms with E-state index in [9.17, 15) is 0 Å². The molecular weight excluding hydrogens is 312 g/mol. The molecule has 0 N–H and O–H groups in total. The van der Waals surface area contributed by atoms with E-state index in [1.807, 2.05) is 0 Å². The molecule has 4 heterocycles. The van der Waals surface area contributed by atoms with Crippen LogP contribution < -0.4 is 9.80 Å². The molecule has 0 spiro atoms. The number of nitrogens with zero attached hydrogens (tertiary/aromatic N) is 6. The van der Waals surface area contributed by atoms with Crippen LogP contribution in [-0.2, 0) is 0 Å². The van der Waals surface area contributed by atoms with Gasteiger partial charge in [-0.1, -0.05) is 6.92 Å². The molecule has 1 unspecified atom stereocenters. The van der Waals surface area contributed by atoms with Crippen LogP contribution in [0.15, 0.2) is 12.4 Å². The van der Waals surface area contributed by atoms with E-state index in [-0.39, 0.29) is 0 Å². The summed E-state index contributed by atoms with van der Waals surface area (Å²) in [6, 6.07) is 2.90. The molecule has 3 aliphatic rings. The van der Waals surface area contributed by atoms with Crippen molar-refractivity contribution in [3.8, 4) is 0 Å². The second kappa shape index (κ2) is 7.87. The summed E-state index contributed by atoms with van der Waals surface area (Å²) in [6.45, 7) is 12.8. The predicted octanol–water partition coefficient (Wildman–Crippen LogP) is 1.68. The minimum atomic E-state index is 0.687. The Morgan fingerprint density at radius 1 is 0.880 bits per heavy atom. The minimum absolute atomic E-state index is 0.687. The highest BCUT2D eigenvalue weighted by Gasteiger charge is 2.30. The second-order valence-corrected chi connectivity index (χ2v) is 7.64. The SMILES string of the molecule is CCN1CCN(C2CCN(c3cc(N4CCCCC4)ncn3)C2)CC1. The van der Waals surface area contributed by atoms with Crippen molar-refractivity contribution in [2.24, 2.45) is 0 Å². The molecule has 6 nitrogen and oxygen atoms in total. The molecule has 0 amide bonds. The first-order valence-corrected chi connectivity index (χ1v) is 10.1. The van der Waals surface area contributed by atoms with Gasteiger partial charge >= 0.3 is 0 Å². The van der Waals surface area contributed by atoms with E-state index in [4.69, 9.17) is 0 Å². The Hall–Kier alpha value is -1.40. The van der Waals surface area contributed by atoms with Crippen molar-refractivity contribution < 1.29 is 0 Å². The zero-order valence-corrected chi connectivity index (χ0v) is 15.6. The lowest BCUT2D eigenvalue weighted by Gasteiger charge is -2.37. The number of anilines is 2. The molecule has 3 fully saturated rings. The van der Waals surface area contributed by atoms with Gasteiger partial charge in [-0.15, -0.1) is 0 Å². The number of aromatic nitrogens is 2. The number of piperidine rings is 1. The van der Waals surface area contributed by atoms with Crippen molar-refractivity contribution in [1.29, 1.82) is 0 Å². The largest absolute Gasteiger partial charge is 0.356 e. The van der Waals surface area contributed by atoms with E-state index >= 15 is 0 Å². The van der Waals surface area contributed by atoms with Gasteiger partial charge in [-0.3, -0.25) is 4.90 Å². The molecule has 0 aliphatic carbocycles. The van der Waals surface area contributed by atoms with Gasteiger partial charge in [0.1, 0.15) is 18.0 Å². The van der Waals surface area contributed by atoms with Gasteiger partial charge in [0.25, 0.3) is 0 Å². The van der Waals surface area contributed by atoms with E-state index in [2.05, 4.69) is 42.6 Å². The summed E-state index contributed by atoms with van der Waals surface area (Å²) >= 11 is 0. The molecule has 3 saturated heterocycles. The first-order valence-electron chi connectivity index (χ1n) is 10.1. The van der Waals surface area contributed by atoms with Gasteiger partial charge in [0.2, 0.25) is 0 Å². The average Bonchev–Trinajstić information content (AvgIpc) is 3.19. The normalized spacial score (nSPS) is 26.4. The molecule has 1 aromatic rings. The van der Waals surface area contributed by atoms with Crippen LogP contribution in [-0.4, -0.2) is 84.7 Å². The van der Waals surface area contributed by atoms with Gasteiger partial charge < -0.3 is 14.7 Å². The molecule has 25 heavy (non-hydrogen) atoms. The van der Waals surface area contributed by atoms with Crippen LogP contribution in [0.3, 0.4) is 0 Å². The third kappa shape index (κ3) is 3.90. The van der Waals surface area contributed by atoms with Gasteiger partial charge in [0, 0.05) is 64.5 Å². The summed E-state index contributed by atoms with van der Waals surface area (Å²) < 4.78 is 0. The molecule has 0 saturated carbocycles. The van der Waals surface area contributed by atoms with Crippen LogP contribution in [0.4, 0.5) is 11.6 Å². The summed E-state index contributed by atoms with van der Waals surface area (Å²) in [4.78, 5) is 19.3. The maximum absolute atomic E-state index is 4.58. The highest BCUT2D eigenvalue weighted by atomic mass is 15.3. The van der Waals surface area contributed by atoms with Crippen LogP contribution in [0.5, 0.6) is 0 Å². The summed E-state index contributed by atoms with van der Waals surface area (Å²) in [5.41, 5.74) is 0. The van der Waals surface area contributed by atoms with E-state index in [0.29, 0.717) is 6.04 Å². The van der Waals surface area contributed by atoms with E-state index in [1.165, 1.54) is 58.4 Å². The first-order chi connectivity index (χ1) is 12.3. The summed E-state index contributed by atoms with van der Waals surface area (Å²) in [5.74, 6) is 2.23. The standard InChI is InChI=1S/C19H32N6/c1-2-22-10-12-23(13-11-22)17-6-9-25(15-17)19-14-18(20-16-21-19)24-7-4-3-5-8-24/h14,16-17H,2-13,15H2,1H3.